The van der Waals surface area contributed by atoms with E-state index in [4.69, 9.17) is 0 Å². The Kier molecular flexibility index (Phi) is 16.7. The van der Waals surface area contributed by atoms with Crippen LogP contribution in [0.2, 0.25) is 0 Å². The van der Waals surface area contributed by atoms with Gasteiger partial charge in [-0.2, -0.15) is 0 Å². The highest BCUT2D eigenvalue weighted by Crippen LogP contribution is 2.35. The van der Waals surface area contributed by atoms with E-state index in [1.54, 1.807) is 0 Å². The molecular weight excluding hydrogens is 348 g/mol. The van der Waals surface area contributed by atoms with Crippen LogP contribution >= 0.6 is 0 Å². The second-order valence-corrected chi connectivity index (χ2v) is 11.6. The van der Waals surface area contributed by atoms with Gasteiger partial charge in [-0.1, -0.05) is 127 Å². The highest BCUT2D eigenvalue weighted by Gasteiger charge is 2.24. The molecule has 0 nitrogen and oxygen atoms in total. The third kappa shape index (κ3) is 14.6. The first kappa shape index (κ1) is 29.0. The summed E-state index contributed by atoms with van der Waals surface area (Å²) in [5.74, 6) is 7.94. The van der Waals surface area contributed by atoms with Crippen molar-refractivity contribution in [3.8, 4) is 0 Å². The summed E-state index contributed by atoms with van der Waals surface area (Å²) in [6.07, 6.45) is 16.1. The maximum atomic E-state index is 2.34. The average molecular weight is 409 g/mol. The van der Waals surface area contributed by atoms with Gasteiger partial charge in [-0.05, 0) is 60.2 Å². The van der Waals surface area contributed by atoms with Crippen molar-refractivity contribution in [2.75, 3.05) is 0 Å². The van der Waals surface area contributed by atoms with Crippen molar-refractivity contribution in [2.45, 2.75) is 140 Å². The van der Waals surface area contributed by atoms with Gasteiger partial charge in [0.1, 0.15) is 0 Å². The molecule has 176 valence electrons. The third-order valence-corrected chi connectivity index (χ3v) is 7.99. The molecule has 0 heteroatoms. The molecule has 0 saturated heterocycles. The van der Waals surface area contributed by atoms with Gasteiger partial charge in [0.05, 0.1) is 0 Å². The first-order valence-corrected chi connectivity index (χ1v) is 13.6. The monoisotopic (exact) mass is 408 g/mol. The molecule has 0 unspecified atom stereocenters. The van der Waals surface area contributed by atoms with Crippen LogP contribution in [0, 0.1) is 47.3 Å². The van der Waals surface area contributed by atoms with E-state index in [1.165, 1.54) is 70.6 Å². The van der Waals surface area contributed by atoms with Gasteiger partial charge in [0, 0.05) is 0 Å². The highest BCUT2D eigenvalue weighted by atomic mass is 14.3. The Hall–Kier alpha value is 0. The van der Waals surface area contributed by atoms with Crippen LogP contribution < -0.4 is 0 Å². The van der Waals surface area contributed by atoms with Crippen LogP contribution in [0.3, 0.4) is 0 Å². The minimum atomic E-state index is 0.880. The molecule has 0 aliphatic heterocycles. The number of rotatable bonds is 6. The van der Waals surface area contributed by atoms with Crippen molar-refractivity contribution in [1.82, 2.24) is 0 Å². The van der Waals surface area contributed by atoms with Crippen molar-refractivity contribution in [1.29, 1.82) is 0 Å². The Morgan fingerprint density at radius 1 is 0.483 bits per heavy atom. The van der Waals surface area contributed by atoms with E-state index in [0.29, 0.717) is 0 Å². The topological polar surface area (TPSA) is 0 Å². The Bertz CT molecular complexity index is 327. The van der Waals surface area contributed by atoms with Gasteiger partial charge in [-0.15, -0.1) is 0 Å². The molecule has 0 atom stereocenters. The van der Waals surface area contributed by atoms with E-state index in [9.17, 15) is 0 Å². The second kappa shape index (κ2) is 16.7. The zero-order valence-electron chi connectivity index (χ0n) is 22.4. The lowest BCUT2D eigenvalue weighted by Crippen LogP contribution is -2.16. The van der Waals surface area contributed by atoms with Crippen molar-refractivity contribution in [3.05, 3.63) is 0 Å². The number of hydrogen-bond donors (Lipinski definition) is 0. The smallest absolute Gasteiger partial charge is 0.0391 e. The van der Waals surface area contributed by atoms with Crippen LogP contribution in [0.4, 0.5) is 0 Å². The Morgan fingerprint density at radius 2 is 0.793 bits per heavy atom. The zero-order chi connectivity index (χ0) is 22.4. The molecule has 29 heavy (non-hydrogen) atoms. The first-order chi connectivity index (χ1) is 13.6. The van der Waals surface area contributed by atoms with Crippen molar-refractivity contribution in [3.63, 3.8) is 0 Å². The molecule has 0 amide bonds. The van der Waals surface area contributed by atoms with Crippen LogP contribution in [-0.4, -0.2) is 0 Å². The quantitative estimate of drug-likeness (QED) is 0.410. The summed E-state index contributed by atoms with van der Waals surface area (Å²) in [6.45, 7) is 23.1. The van der Waals surface area contributed by atoms with Crippen LogP contribution in [0.5, 0.6) is 0 Å². The lowest BCUT2D eigenvalue weighted by molar-refractivity contribution is 0.235. The normalized spacial score (nSPS) is 19.6. The molecule has 3 rings (SSSR count). The minimum Gasteiger partial charge on any atom is -0.0651 e. The van der Waals surface area contributed by atoms with Gasteiger partial charge in [0.25, 0.3) is 0 Å². The van der Waals surface area contributed by atoms with E-state index in [2.05, 4.69) is 69.2 Å². The maximum Gasteiger partial charge on any atom is -0.0391 e. The average Bonchev–Trinajstić information content (AvgIpc) is 3.30. The molecule has 0 aromatic heterocycles. The molecule has 0 spiro atoms. The third-order valence-electron chi connectivity index (χ3n) is 7.99. The van der Waals surface area contributed by atoms with Gasteiger partial charge in [-0.3, -0.25) is 0 Å². The van der Waals surface area contributed by atoms with Crippen molar-refractivity contribution in [2.24, 2.45) is 47.3 Å². The van der Waals surface area contributed by atoms with E-state index >= 15 is 0 Å². The summed E-state index contributed by atoms with van der Waals surface area (Å²) in [7, 11) is 0. The lowest BCUT2D eigenvalue weighted by atomic mass is 9.78. The predicted octanol–water partition coefficient (Wildman–Crippen LogP) is 10.4. The molecule has 0 N–H and O–H groups in total. The van der Waals surface area contributed by atoms with Gasteiger partial charge in [-0.25, -0.2) is 0 Å². The molecule has 0 aromatic rings. The van der Waals surface area contributed by atoms with Crippen LogP contribution in [-0.2, 0) is 0 Å². The van der Waals surface area contributed by atoms with E-state index < -0.39 is 0 Å². The van der Waals surface area contributed by atoms with Gasteiger partial charge >= 0.3 is 0 Å². The van der Waals surface area contributed by atoms with E-state index in [1.807, 2.05) is 0 Å². The Balaban J connectivity index is 0.000000362. The second-order valence-electron chi connectivity index (χ2n) is 11.6. The molecule has 0 radical (unpaired) electrons. The molecule has 3 fully saturated rings. The SMILES string of the molecule is CC(C)C1CC1.CC(C)C1CCC1.CC(C)C1CCCC1.CCC(CC)C(C)C. The molecule has 3 aliphatic rings. The van der Waals surface area contributed by atoms with Crippen molar-refractivity contribution < 1.29 is 0 Å². The summed E-state index contributed by atoms with van der Waals surface area (Å²) in [5.41, 5.74) is 0. The largest absolute Gasteiger partial charge is 0.0651 e. The van der Waals surface area contributed by atoms with Gasteiger partial charge in [0.2, 0.25) is 0 Å². The van der Waals surface area contributed by atoms with Crippen LogP contribution in [0.15, 0.2) is 0 Å². The van der Waals surface area contributed by atoms with Gasteiger partial charge < -0.3 is 0 Å². The molecule has 0 heterocycles. The predicted molar refractivity (Wildman–Crippen MR) is 135 cm³/mol. The van der Waals surface area contributed by atoms with E-state index in [0.717, 1.165) is 47.3 Å². The summed E-state index contributed by atoms with van der Waals surface area (Å²) >= 11 is 0. The highest BCUT2D eigenvalue weighted by molar-refractivity contribution is 4.75. The fourth-order valence-corrected chi connectivity index (χ4v) is 4.72. The fourth-order valence-electron chi connectivity index (χ4n) is 4.72. The minimum absolute atomic E-state index is 0.880. The van der Waals surface area contributed by atoms with Crippen LogP contribution in [0.25, 0.3) is 0 Å². The molecule has 3 saturated carbocycles. The summed E-state index contributed by atoms with van der Waals surface area (Å²) < 4.78 is 0. The lowest BCUT2D eigenvalue weighted by Gasteiger charge is -2.28. The van der Waals surface area contributed by atoms with Crippen LogP contribution in [0.1, 0.15) is 140 Å². The fraction of sp³-hybridized carbons (Fsp3) is 1.00. The van der Waals surface area contributed by atoms with E-state index in [-0.39, 0.29) is 0 Å². The first-order valence-electron chi connectivity index (χ1n) is 13.6. The molecule has 0 aromatic carbocycles. The van der Waals surface area contributed by atoms with Crippen molar-refractivity contribution >= 4 is 0 Å². The standard InChI is InChI=1S/C8H16.C8H18.C7H14.C6H12/c1-7(2)8-5-3-4-6-8;1-5-8(6-2)7(3)4;1-6(2)7-4-3-5-7;1-5(2)6-3-4-6/h7-8H,3-6H2,1-2H3;7-8H,5-6H2,1-4H3;6-7H,3-5H2,1-2H3;5-6H,3-4H2,1-2H3. The summed E-state index contributed by atoms with van der Waals surface area (Å²) in [6, 6.07) is 0. The summed E-state index contributed by atoms with van der Waals surface area (Å²) in [4.78, 5) is 0. The number of hydrogen-bond acceptors (Lipinski definition) is 0. The van der Waals surface area contributed by atoms with Gasteiger partial charge in [0.15, 0.2) is 0 Å². The summed E-state index contributed by atoms with van der Waals surface area (Å²) in [5, 5.41) is 0. The Labute approximate surface area is 187 Å². The zero-order valence-corrected chi connectivity index (χ0v) is 22.4. The molecule has 0 bridgehead atoms. The molecule has 3 aliphatic carbocycles. The maximum absolute atomic E-state index is 2.34. The Morgan fingerprint density at radius 3 is 0.862 bits per heavy atom. The molecular formula is C29H60.